The number of rotatable bonds is 4. The maximum Gasteiger partial charge on any atom is 0.426 e. The molecule has 3 amide bonds. The molecule has 0 bridgehead atoms. The van der Waals surface area contributed by atoms with Crippen molar-refractivity contribution in [2.45, 2.75) is 58.6 Å². The number of hydrogen-bond donors (Lipinski definition) is 2. The molecular formula is C15H25N3O4. The molecule has 7 heteroatoms. The van der Waals surface area contributed by atoms with E-state index in [0.29, 0.717) is 5.92 Å². The average Bonchev–Trinajstić information content (AvgIpc) is 3.13. The first-order valence-electron chi connectivity index (χ1n) is 7.76. The van der Waals surface area contributed by atoms with Gasteiger partial charge in [-0.3, -0.25) is 14.6 Å². The lowest BCUT2D eigenvalue weighted by atomic mass is 10.1. The molecule has 1 aliphatic carbocycles. The molecule has 0 radical (unpaired) electrons. The minimum Gasteiger partial charge on any atom is -0.443 e. The molecule has 0 unspecified atom stereocenters. The highest BCUT2D eigenvalue weighted by molar-refractivity contribution is 5.90. The van der Waals surface area contributed by atoms with Gasteiger partial charge in [0.15, 0.2) is 0 Å². The van der Waals surface area contributed by atoms with E-state index in [9.17, 15) is 14.4 Å². The molecule has 0 aromatic rings. The Morgan fingerprint density at radius 3 is 2.50 bits per heavy atom. The van der Waals surface area contributed by atoms with Gasteiger partial charge in [-0.2, -0.15) is 0 Å². The van der Waals surface area contributed by atoms with Crippen LogP contribution in [0.5, 0.6) is 0 Å². The topological polar surface area (TPSA) is 87.7 Å². The molecular weight excluding hydrogens is 286 g/mol. The Balaban J connectivity index is 1.82. The van der Waals surface area contributed by atoms with Crippen molar-refractivity contribution in [1.29, 1.82) is 0 Å². The van der Waals surface area contributed by atoms with Crippen LogP contribution in [0.1, 0.15) is 47.0 Å². The highest BCUT2D eigenvalue weighted by Crippen LogP contribution is 2.32. The van der Waals surface area contributed by atoms with Crippen LogP contribution in [0.15, 0.2) is 0 Å². The normalized spacial score (nSPS) is 23.2. The Morgan fingerprint density at radius 1 is 1.32 bits per heavy atom. The average molecular weight is 311 g/mol. The lowest BCUT2D eigenvalue weighted by Crippen LogP contribution is -2.46. The van der Waals surface area contributed by atoms with Gasteiger partial charge >= 0.3 is 6.09 Å². The van der Waals surface area contributed by atoms with Gasteiger partial charge in [-0.15, -0.1) is 0 Å². The van der Waals surface area contributed by atoms with Crippen molar-refractivity contribution in [3.05, 3.63) is 0 Å². The summed E-state index contributed by atoms with van der Waals surface area (Å²) >= 11 is 0. The van der Waals surface area contributed by atoms with Crippen LogP contribution in [0.2, 0.25) is 0 Å². The number of nitrogens with one attached hydrogen (secondary N) is 2. The molecule has 124 valence electrons. The van der Waals surface area contributed by atoms with Gasteiger partial charge in [-0.25, -0.2) is 10.2 Å². The van der Waals surface area contributed by atoms with Crippen LogP contribution in [-0.4, -0.2) is 41.1 Å². The molecule has 0 spiro atoms. The highest BCUT2D eigenvalue weighted by Gasteiger charge is 2.38. The Labute approximate surface area is 130 Å². The Hall–Kier alpha value is -1.79. The molecule has 2 rings (SSSR count). The van der Waals surface area contributed by atoms with Crippen LogP contribution in [0.4, 0.5) is 4.79 Å². The van der Waals surface area contributed by atoms with Crippen LogP contribution in [0.3, 0.4) is 0 Å². The van der Waals surface area contributed by atoms with Gasteiger partial charge in [-0.1, -0.05) is 0 Å². The number of amides is 3. The van der Waals surface area contributed by atoms with Crippen molar-refractivity contribution in [3.63, 3.8) is 0 Å². The SMILES string of the molecule is C[C@@H](NC(=O)[C@@H]1CC(=O)N(NC(=O)OC(C)(C)C)C1)C1CC1. The van der Waals surface area contributed by atoms with E-state index < -0.39 is 17.6 Å². The van der Waals surface area contributed by atoms with Gasteiger partial charge in [0.2, 0.25) is 11.8 Å². The molecule has 22 heavy (non-hydrogen) atoms. The number of hydrogen-bond acceptors (Lipinski definition) is 4. The zero-order chi connectivity index (χ0) is 16.5. The third-order valence-corrected chi connectivity index (χ3v) is 3.82. The predicted molar refractivity (Wildman–Crippen MR) is 79.5 cm³/mol. The zero-order valence-electron chi connectivity index (χ0n) is 13.6. The van der Waals surface area contributed by atoms with E-state index in [0.717, 1.165) is 12.8 Å². The van der Waals surface area contributed by atoms with Crippen LogP contribution in [-0.2, 0) is 14.3 Å². The quantitative estimate of drug-likeness (QED) is 0.816. The molecule has 2 atom stereocenters. The number of carbonyl (C=O) groups is 3. The molecule has 2 aliphatic rings. The summed E-state index contributed by atoms with van der Waals surface area (Å²) in [5, 5.41) is 4.12. The second-order valence-electron chi connectivity index (χ2n) is 7.15. The van der Waals surface area contributed by atoms with Crippen LogP contribution >= 0.6 is 0 Å². The zero-order valence-corrected chi connectivity index (χ0v) is 13.6. The monoisotopic (exact) mass is 311 g/mol. The Kier molecular flexibility index (Phi) is 4.63. The summed E-state index contributed by atoms with van der Waals surface area (Å²) in [5.74, 6) is -0.257. The third-order valence-electron chi connectivity index (χ3n) is 3.82. The van der Waals surface area contributed by atoms with Crippen LogP contribution in [0, 0.1) is 11.8 Å². The molecule has 1 heterocycles. The second kappa shape index (κ2) is 6.14. The molecule has 1 saturated heterocycles. The van der Waals surface area contributed by atoms with E-state index in [1.165, 1.54) is 5.01 Å². The molecule has 0 aromatic heterocycles. The summed E-state index contributed by atoms with van der Waals surface area (Å²) < 4.78 is 5.10. The third kappa shape index (κ3) is 4.61. The van der Waals surface area contributed by atoms with Crippen molar-refractivity contribution in [3.8, 4) is 0 Å². The number of ether oxygens (including phenoxy) is 1. The van der Waals surface area contributed by atoms with Crippen LogP contribution < -0.4 is 10.7 Å². The van der Waals surface area contributed by atoms with E-state index in [2.05, 4.69) is 10.7 Å². The highest BCUT2D eigenvalue weighted by atomic mass is 16.6. The van der Waals surface area contributed by atoms with Crippen LogP contribution in [0.25, 0.3) is 0 Å². The molecule has 2 fully saturated rings. The largest absolute Gasteiger partial charge is 0.443 e. The minimum absolute atomic E-state index is 0.110. The molecule has 2 N–H and O–H groups in total. The summed E-state index contributed by atoms with van der Waals surface area (Å²) in [6, 6.07) is 0.149. The molecule has 0 aromatic carbocycles. The first kappa shape index (κ1) is 16.6. The predicted octanol–water partition coefficient (Wildman–Crippen LogP) is 1.19. The number of nitrogens with zero attached hydrogens (tertiary/aromatic N) is 1. The van der Waals surface area contributed by atoms with Gasteiger partial charge in [0.25, 0.3) is 0 Å². The van der Waals surface area contributed by atoms with E-state index in [1.807, 2.05) is 6.92 Å². The van der Waals surface area contributed by atoms with Gasteiger partial charge in [0.05, 0.1) is 12.5 Å². The Bertz CT molecular complexity index is 468. The smallest absolute Gasteiger partial charge is 0.426 e. The lowest BCUT2D eigenvalue weighted by molar-refractivity contribution is -0.131. The molecule has 1 saturated carbocycles. The fraction of sp³-hybridized carbons (Fsp3) is 0.800. The van der Waals surface area contributed by atoms with E-state index in [4.69, 9.17) is 4.74 Å². The fourth-order valence-electron chi connectivity index (χ4n) is 2.46. The maximum atomic E-state index is 12.2. The summed E-state index contributed by atoms with van der Waals surface area (Å²) in [7, 11) is 0. The maximum absolute atomic E-state index is 12.2. The minimum atomic E-state index is -0.687. The fourth-order valence-corrected chi connectivity index (χ4v) is 2.46. The van der Waals surface area contributed by atoms with Crippen molar-refractivity contribution >= 4 is 17.9 Å². The first-order valence-corrected chi connectivity index (χ1v) is 7.76. The summed E-state index contributed by atoms with van der Waals surface area (Å²) in [4.78, 5) is 35.7. The summed E-state index contributed by atoms with van der Waals surface area (Å²) in [6.45, 7) is 7.40. The van der Waals surface area contributed by atoms with Gasteiger partial charge in [-0.05, 0) is 46.5 Å². The van der Waals surface area contributed by atoms with Gasteiger partial charge in [0.1, 0.15) is 5.60 Å². The van der Waals surface area contributed by atoms with Crippen molar-refractivity contribution < 1.29 is 19.1 Å². The summed E-state index contributed by atoms with van der Waals surface area (Å²) in [5.41, 5.74) is 1.77. The van der Waals surface area contributed by atoms with Gasteiger partial charge in [0, 0.05) is 12.5 Å². The van der Waals surface area contributed by atoms with E-state index in [-0.39, 0.29) is 30.8 Å². The number of carbonyl (C=O) groups excluding carboxylic acids is 3. The lowest BCUT2D eigenvalue weighted by Gasteiger charge is -2.23. The first-order chi connectivity index (χ1) is 10.2. The van der Waals surface area contributed by atoms with Crippen molar-refractivity contribution in [2.24, 2.45) is 11.8 Å². The van der Waals surface area contributed by atoms with Crippen molar-refractivity contribution in [2.75, 3.05) is 6.54 Å². The Morgan fingerprint density at radius 2 is 1.95 bits per heavy atom. The summed E-state index contributed by atoms with van der Waals surface area (Å²) in [6.07, 6.45) is 1.72. The second-order valence-corrected chi connectivity index (χ2v) is 7.15. The molecule has 1 aliphatic heterocycles. The van der Waals surface area contributed by atoms with E-state index >= 15 is 0 Å². The molecule has 7 nitrogen and oxygen atoms in total. The van der Waals surface area contributed by atoms with E-state index in [1.54, 1.807) is 20.8 Å². The standard InChI is InChI=1S/C15H25N3O4/c1-9(10-5-6-10)16-13(20)11-7-12(19)18(8-11)17-14(21)22-15(2,3)4/h9-11H,5-8H2,1-4H3,(H,16,20)(H,17,21)/t9-,11-/m1/s1. The number of hydrazine groups is 1. The van der Waals surface area contributed by atoms with Crippen molar-refractivity contribution in [1.82, 2.24) is 15.8 Å². The van der Waals surface area contributed by atoms with Gasteiger partial charge < -0.3 is 10.1 Å².